The first kappa shape index (κ1) is 21.3. The average Bonchev–Trinajstić information content (AvgIpc) is 2.74. The molecule has 0 amide bonds. The van der Waals surface area contributed by atoms with Crippen LogP contribution in [0.4, 0.5) is 24.7 Å². The summed E-state index contributed by atoms with van der Waals surface area (Å²) in [4.78, 5) is 10.1. The summed E-state index contributed by atoms with van der Waals surface area (Å²) in [7, 11) is -5.38. The predicted octanol–water partition coefficient (Wildman–Crippen LogP) is 4.07. The van der Waals surface area contributed by atoms with Gasteiger partial charge in [0.15, 0.2) is 0 Å². The third-order valence-electron chi connectivity index (χ3n) is 5.06. The fourth-order valence-electron chi connectivity index (χ4n) is 3.47. The maximum atomic E-state index is 12.7. The highest BCUT2D eigenvalue weighted by Crippen LogP contribution is 2.32. The van der Waals surface area contributed by atoms with Gasteiger partial charge in [0.25, 0.3) is 9.84 Å². The molecule has 1 aromatic heterocycles. The van der Waals surface area contributed by atoms with E-state index >= 15 is 0 Å². The summed E-state index contributed by atoms with van der Waals surface area (Å²) in [6.07, 6.45) is 2.19. The molecule has 4 rings (SSSR count). The Labute approximate surface area is 177 Å². The van der Waals surface area contributed by atoms with Crippen LogP contribution in [0.3, 0.4) is 0 Å². The van der Waals surface area contributed by atoms with Crippen molar-refractivity contribution in [1.82, 2.24) is 14.9 Å². The van der Waals surface area contributed by atoms with E-state index in [1.165, 1.54) is 24.0 Å². The van der Waals surface area contributed by atoms with Crippen LogP contribution in [0.25, 0.3) is 0 Å². The van der Waals surface area contributed by atoms with Crippen LogP contribution < -0.4 is 5.32 Å². The quantitative estimate of drug-likeness (QED) is 0.634. The number of anilines is 2. The lowest BCUT2D eigenvalue weighted by atomic mass is 10.0. The van der Waals surface area contributed by atoms with Crippen molar-refractivity contribution in [2.75, 3.05) is 11.9 Å². The van der Waals surface area contributed by atoms with Gasteiger partial charge in [-0.05, 0) is 29.8 Å². The fourth-order valence-corrected chi connectivity index (χ4v) is 4.23. The lowest BCUT2D eigenvalue weighted by molar-refractivity contribution is -0.0436. The molecule has 0 fully saturated rings. The van der Waals surface area contributed by atoms with Crippen LogP contribution in [-0.4, -0.2) is 35.3 Å². The Bertz CT molecular complexity index is 1170. The van der Waals surface area contributed by atoms with Gasteiger partial charge in [-0.1, -0.05) is 30.3 Å². The normalized spacial score (nSPS) is 14.8. The number of sulfone groups is 1. The fraction of sp³-hybridized carbons (Fsp3) is 0.238. The first-order valence-electron chi connectivity index (χ1n) is 9.51. The standard InChI is InChI=1S/C21H19F3N4O2S/c22-21(23,24)31(29,30)17-8-6-16(7-9-17)27-20-18-13-28(11-10-19(18)25-14-26-20)12-15-4-2-1-3-5-15/h1-9,14H,10-13H2,(H,25,26,27). The second-order valence-corrected chi connectivity index (χ2v) is 9.13. The predicted molar refractivity (Wildman–Crippen MR) is 109 cm³/mol. The van der Waals surface area contributed by atoms with Gasteiger partial charge in [0.05, 0.1) is 10.6 Å². The summed E-state index contributed by atoms with van der Waals surface area (Å²) < 4.78 is 61.2. The van der Waals surface area contributed by atoms with Gasteiger partial charge in [-0.3, -0.25) is 4.90 Å². The molecule has 0 aliphatic carbocycles. The zero-order valence-electron chi connectivity index (χ0n) is 16.3. The number of aromatic nitrogens is 2. The van der Waals surface area contributed by atoms with Crippen molar-refractivity contribution >= 4 is 21.3 Å². The molecule has 1 aliphatic heterocycles. The highest BCUT2D eigenvalue weighted by molar-refractivity contribution is 7.92. The molecular formula is C21H19F3N4O2S. The summed E-state index contributed by atoms with van der Waals surface area (Å²) in [6.45, 7) is 2.24. The van der Waals surface area contributed by atoms with Gasteiger partial charge in [0.2, 0.25) is 0 Å². The zero-order valence-corrected chi connectivity index (χ0v) is 17.1. The number of nitrogens with one attached hydrogen (secondary N) is 1. The van der Waals surface area contributed by atoms with E-state index in [9.17, 15) is 21.6 Å². The van der Waals surface area contributed by atoms with E-state index in [0.29, 0.717) is 18.1 Å². The maximum Gasteiger partial charge on any atom is 0.501 e. The van der Waals surface area contributed by atoms with Crippen molar-refractivity contribution in [3.63, 3.8) is 0 Å². The van der Waals surface area contributed by atoms with E-state index in [-0.39, 0.29) is 0 Å². The Kier molecular flexibility index (Phi) is 5.67. The van der Waals surface area contributed by atoms with Crippen molar-refractivity contribution in [2.45, 2.75) is 29.9 Å². The van der Waals surface area contributed by atoms with E-state index in [0.717, 1.165) is 42.9 Å². The van der Waals surface area contributed by atoms with Gasteiger partial charge >= 0.3 is 5.51 Å². The monoisotopic (exact) mass is 448 g/mol. The number of rotatable bonds is 5. The van der Waals surface area contributed by atoms with Gasteiger partial charge in [-0.2, -0.15) is 13.2 Å². The Morgan fingerprint density at radius 1 is 1.00 bits per heavy atom. The molecule has 0 bridgehead atoms. The molecule has 6 nitrogen and oxygen atoms in total. The lowest BCUT2D eigenvalue weighted by Crippen LogP contribution is -2.31. The molecule has 0 saturated heterocycles. The Balaban J connectivity index is 1.53. The summed E-state index contributed by atoms with van der Waals surface area (Å²) in [5.41, 5.74) is -1.88. The first-order chi connectivity index (χ1) is 14.7. The number of nitrogens with zero attached hydrogens (tertiary/aromatic N) is 3. The van der Waals surface area contributed by atoms with Crippen molar-refractivity contribution in [1.29, 1.82) is 0 Å². The number of alkyl halides is 3. The molecule has 0 spiro atoms. The summed E-state index contributed by atoms with van der Waals surface area (Å²) in [5.74, 6) is 0.550. The molecular weight excluding hydrogens is 429 g/mol. The second-order valence-electron chi connectivity index (χ2n) is 7.19. The Morgan fingerprint density at radius 3 is 2.39 bits per heavy atom. The average molecular weight is 448 g/mol. The molecule has 0 saturated carbocycles. The van der Waals surface area contributed by atoms with Gasteiger partial charge in [0, 0.05) is 37.3 Å². The molecule has 3 aromatic rings. The minimum absolute atomic E-state index is 0.433. The van der Waals surface area contributed by atoms with Crippen LogP contribution in [-0.2, 0) is 29.3 Å². The van der Waals surface area contributed by atoms with E-state index in [2.05, 4.69) is 32.3 Å². The van der Waals surface area contributed by atoms with E-state index in [1.54, 1.807) is 0 Å². The lowest BCUT2D eigenvalue weighted by Gasteiger charge is -2.29. The smallest absolute Gasteiger partial charge is 0.340 e. The van der Waals surface area contributed by atoms with Crippen LogP contribution >= 0.6 is 0 Å². The number of hydrogen-bond donors (Lipinski definition) is 1. The number of benzene rings is 2. The van der Waals surface area contributed by atoms with Crippen LogP contribution in [0.1, 0.15) is 16.8 Å². The minimum Gasteiger partial charge on any atom is -0.340 e. The Morgan fingerprint density at radius 2 is 1.71 bits per heavy atom. The molecule has 10 heteroatoms. The second kappa shape index (κ2) is 8.27. The third kappa shape index (κ3) is 4.54. The van der Waals surface area contributed by atoms with Gasteiger partial charge < -0.3 is 5.32 Å². The first-order valence-corrected chi connectivity index (χ1v) is 11.0. The molecule has 0 radical (unpaired) electrons. The van der Waals surface area contributed by atoms with Gasteiger partial charge in [-0.15, -0.1) is 0 Å². The van der Waals surface area contributed by atoms with E-state index in [4.69, 9.17) is 0 Å². The van der Waals surface area contributed by atoms with E-state index in [1.807, 2.05) is 18.2 Å². The highest BCUT2D eigenvalue weighted by Gasteiger charge is 2.46. The van der Waals surface area contributed by atoms with Crippen molar-refractivity contribution in [3.8, 4) is 0 Å². The molecule has 1 N–H and O–H groups in total. The molecule has 2 heterocycles. The third-order valence-corrected chi connectivity index (χ3v) is 6.56. The number of fused-ring (bicyclic) bond motifs is 1. The van der Waals surface area contributed by atoms with Crippen LogP contribution in [0.5, 0.6) is 0 Å². The molecule has 162 valence electrons. The van der Waals surface area contributed by atoms with Crippen molar-refractivity contribution in [3.05, 3.63) is 77.7 Å². The molecule has 1 aliphatic rings. The topological polar surface area (TPSA) is 75.2 Å². The highest BCUT2D eigenvalue weighted by atomic mass is 32.2. The molecule has 0 unspecified atom stereocenters. The van der Waals surface area contributed by atoms with Crippen LogP contribution in [0.2, 0.25) is 0 Å². The van der Waals surface area contributed by atoms with Crippen molar-refractivity contribution in [2.24, 2.45) is 0 Å². The summed E-state index contributed by atoms with van der Waals surface area (Å²) in [5, 5.41) is 3.08. The van der Waals surface area contributed by atoms with Gasteiger partial charge in [0.1, 0.15) is 12.1 Å². The summed E-state index contributed by atoms with van der Waals surface area (Å²) >= 11 is 0. The molecule has 2 aromatic carbocycles. The van der Waals surface area contributed by atoms with E-state index < -0.39 is 20.2 Å². The Hall–Kier alpha value is -2.98. The van der Waals surface area contributed by atoms with Crippen LogP contribution in [0, 0.1) is 0 Å². The SMILES string of the molecule is O=S(=O)(c1ccc(Nc2ncnc3c2CN(Cc2ccccc2)CC3)cc1)C(F)(F)F. The number of halogens is 3. The molecule has 31 heavy (non-hydrogen) atoms. The maximum absolute atomic E-state index is 12.7. The number of hydrogen-bond acceptors (Lipinski definition) is 6. The zero-order chi connectivity index (χ0) is 22.1. The minimum atomic E-state index is -5.38. The molecule has 0 atom stereocenters. The summed E-state index contributed by atoms with van der Waals surface area (Å²) in [6, 6.07) is 14.5. The largest absolute Gasteiger partial charge is 0.501 e. The van der Waals surface area contributed by atoms with Crippen LogP contribution in [0.15, 0.2) is 65.8 Å². The van der Waals surface area contributed by atoms with Crippen molar-refractivity contribution < 1.29 is 21.6 Å². The van der Waals surface area contributed by atoms with Gasteiger partial charge in [-0.25, -0.2) is 18.4 Å².